The number of rotatable bonds is 7. The van der Waals surface area contributed by atoms with Gasteiger partial charge in [-0.2, -0.15) is 11.3 Å². The number of anilines is 1. The van der Waals surface area contributed by atoms with Crippen LogP contribution in [0.25, 0.3) is 0 Å². The summed E-state index contributed by atoms with van der Waals surface area (Å²) in [4.78, 5) is 2.22. The third kappa shape index (κ3) is 4.64. The van der Waals surface area contributed by atoms with Crippen LogP contribution in [0.4, 0.5) is 5.69 Å². The second-order valence-electron chi connectivity index (χ2n) is 3.53. The summed E-state index contributed by atoms with van der Waals surface area (Å²) in [5.41, 5.74) is 1.10. The summed E-state index contributed by atoms with van der Waals surface area (Å²) >= 11 is 1.66. The van der Waals surface area contributed by atoms with E-state index in [1.807, 2.05) is 16.8 Å². The Morgan fingerprint density at radius 2 is 2.20 bits per heavy atom. The zero-order valence-electron chi connectivity index (χ0n) is 9.44. The van der Waals surface area contributed by atoms with Gasteiger partial charge in [0.15, 0.2) is 0 Å². The Labute approximate surface area is 95.7 Å². The van der Waals surface area contributed by atoms with E-state index in [2.05, 4.69) is 24.1 Å². The fourth-order valence-electron chi connectivity index (χ4n) is 1.45. The lowest BCUT2D eigenvalue weighted by molar-refractivity contribution is 0.128. The number of hydrogen-bond donors (Lipinski definition) is 2. The molecule has 0 amide bonds. The minimum atomic E-state index is -0.301. The van der Waals surface area contributed by atoms with Gasteiger partial charge in [0.05, 0.1) is 6.10 Å². The fraction of sp³-hybridized carbons (Fsp3) is 0.636. The Balaban J connectivity index is 2.21. The molecule has 2 N–H and O–H groups in total. The topological polar surface area (TPSA) is 35.5 Å². The van der Waals surface area contributed by atoms with Crippen molar-refractivity contribution in [3.8, 4) is 0 Å². The molecule has 0 saturated carbocycles. The van der Waals surface area contributed by atoms with Crippen molar-refractivity contribution in [3.05, 3.63) is 16.8 Å². The summed E-state index contributed by atoms with van der Waals surface area (Å²) in [6.45, 7) is 7.57. The van der Waals surface area contributed by atoms with E-state index in [1.54, 1.807) is 11.3 Å². The number of likely N-dealkylation sites (N-methyl/N-ethyl adjacent to an activating group) is 1. The maximum absolute atomic E-state index is 9.78. The number of nitrogens with zero attached hydrogens (tertiary/aromatic N) is 1. The smallest absolute Gasteiger partial charge is 0.0839 e. The van der Waals surface area contributed by atoms with Crippen molar-refractivity contribution in [1.82, 2.24) is 4.90 Å². The van der Waals surface area contributed by atoms with Crippen molar-refractivity contribution in [2.24, 2.45) is 0 Å². The van der Waals surface area contributed by atoms with Crippen molar-refractivity contribution in [1.29, 1.82) is 0 Å². The molecule has 0 bridgehead atoms. The second-order valence-corrected chi connectivity index (χ2v) is 4.31. The number of hydrogen-bond acceptors (Lipinski definition) is 4. The van der Waals surface area contributed by atoms with E-state index < -0.39 is 0 Å². The van der Waals surface area contributed by atoms with Crippen LogP contribution < -0.4 is 5.32 Å². The van der Waals surface area contributed by atoms with Gasteiger partial charge < -0.3 is 15.3 Å². The first-order valence-corrected chi connectivity index (χ1v) is 6.37. The van der Waals surface area contributed by atoms with E-state index >= 15 is 0 Å². The Bertz CT molecular complexity index is 247. The second kappa shape index (κ2) is 6.82. The predicted molar refractivity (Wildman–Crippen MR) is 66.6 cm³/mol. The summed E-state index contributed by atoms with van der Waals surface area (Å²) in [5, 5.41) is 17.1. The predicted octanol–water partition coefficient (Wildman–Crippen LogP) is 1.86. The van der Waals surface area contributed by atoms with E-state index in [0.717, 1.165) is 25.3 Å². The molecule has 1 aromatic heterocycles. The third-order valence-corrected chi connectivity index (χ3v) is 3.11. The number of aliphatic hydroxyl groups excluding tert-OH is 1. The van der Waals surface area contributed by atoms with E-state index in [-0.39, 0.29) is 6.10 Å². The van der Waals surface area contributed by atoms with Crippen LogP contribution in [0.15, 0.2) is 16.8 Å². The van der Waals surface area contributed by atoms with Gasteiger partial charge in [0.2, 0.25) is 0 Å². The lowest BCUT2D eigenvalue weighted by atomic mass is 10.3. The van der Waals surface area contributed by atoms with Crippen LogP contribution in [0.3, 0.4) is 0 Å². The highest BCUT2D eigenvalue weighted by molar-refractivity contribution is 7.08. The maximum atomic E-state index is 9.78. The van der Waals surface area contributed by atoms with Crippen LogP contribution in [-0.4, -0.2) is 42.3 Å². The summed E-state index contributed by atoms with van der Waals surface area (Å²) < 4.78 is 0. The number of thiophene rings is 1. The molecule has 15 heavy (non-hydrogen) atoms. The van der Waals surface area contributed by atoms with Crippen LogP contribution in [0, 0.1) is 0 Å². The van der Waals surface area contributed by atoms with E-state index in [4.69, 9.17) is 0 Å². The van der Waals surface area contributed by atoms with Crippen molar-refractivity contribution in [2.45, 2.75) is 20.0 Å². The van der Waals surface area contributed by atoms with Gasteiger partial charge in [-0.3, -0.25) is 0 Å². The largest absolute Gasteiger partial charge is 0.390 e. The Kier molecular flexibility index (Phi) is 5.68. The summed E-state index contributed by atoms with van der Waals surface area (Å²) in [6.07, 6.45) is -0.301. The molecule has 1 atom stereocenters. The Morgan fingerprint density at radius 3 is 2.73 bits per heavy atom. The first-order valence-electron chi connectivity index (χ1n) is 5.42. The lowest BCUT2D eigenvalue weighted by Crippen LogP contribution is -2.35. The highest BCUT2D eigenvalue weighted by Gasteiger charge is 2.08. The lowest BCUT2D eigenvalue weighted by Gasteiger charge is -2.22. The van der Waals surface area contributed by atoms with Gasteiger partial charge in [-0.05, 0) is 24.5 Å². The van der Waals surface area contributed by atoms with E-state index in [1.165, 1.54) is 0 Å². The molecule has 0 saturated heterocycles. The molecule has 1 aromatic rings. The molecule has 1 unspecified atom stereocenters. The minimum absolute atomic E-state index is 0.301. The average molecular weight is 228 g/mol. The quantitative estimate of drug-likeness (QED) is 0.748. The van der Waals surface area contributed by atoms with Crippen LogP contribution >= 0.6 is 11.3 Å². The van der Waals surface area contributed by atoms with Crippen LogP contribution in [0.2, 0.25) is 0 Å². The van der Waals surface area contributed by atoms with Crippen LogP contribution in [0.1, 0.15) is 13.8 Å². The van der Waals surface area contributed by atoms with Crippen LogP contribution in [0.5, 0.6) is 0 Å². The van der Waals surface area contributed by atoms with Gasteiger partial charge in [-0.1, -0.05) is 13.8 Å². The molecule has 0 aromatic carbocycles. The van der Waals surface area contributed by atoms with Gasteiger partial charge in [-0.25, -0.2) is 0 Å². The zero-order valence-corrected chi connectivity index (χ0v) is 10.3. The van der Waals surface area contributed by atoms with E-state index in [0.29, 0.717) is 6.54 Å². The van der Waals surface area contributed by atoms with Crippen molar-refractivity contribution in [2.75, 3.05) is 31.5 Å². The normalized spacial score (nSPS) is 13.1. The highest BCUT2D eigenvalue weighted by atomic mass is 32.1. The molecule has 86 valence electrons. The molecule has 0 fully saturated rings. The average Bonchev–Trinajstić information content (AvgIpc) is 2.75. The minimum Gasteiger partial charge on any atom is -0.390 e. The van der Waals surface area contributed by atoms with Crippen LogP contribution in [-0.2, 0) is 0 Å². The molecular weight excluding hydrogens is 208 g/mol. The van der Waals surface area contributed by atoms with Gasteiger partial charge in [0, 0.05) is 24.2 Å². The Morgan fingerprint density at radius 1 is 1.47 bits per heavy atom. The first-order chi connectivity index (χ1) is 7.26. The summed E-state index contributed by atoms with van der Waals surface area (Å²) in [6, 6.07) is 2.02. The standard InChI is InChI=1S/C11H20N2OS/c1-3-13(4-2)8-11(14)7-12-10-5-6-15-9-10/h5-6,9,11-12,14H,3-4,7-8H2,1-2H3. The molecule has 3 nitrogen and oxygen atoms in total. The molecule has 0 radical (unpaired) electrons. The molecule has 0 spiro atoms. The van der Waals surface area contributed by atoms with Crippen molar-refractivity contribution < 1.29 is 5.11 Å². The monoisotopic (exact) mass is 228 g/mol. The molecule has 1 rings (SSSR count). The molecule has 0 aliphatic rings. The fourth-order valence-corrected chi connectivity index (χ4v) is 2.06. The molecule has 0 aliphatic heterocycles. The summed E-state index contributed by atoms with van der Waals surface area (Å²) in [7, 11) is 0. The third-order valence-electron chi connectivity index (χ3n) is 2.43. The highest BCUT2D eigenvalue weighted by Crippen LogP contribution is 2.11. The maximum Gasteiger partial charge on any atom is 0.0839 e. The molecule has 4 heteroatoms. The molecule has 0 aliphatic carbocycles. The van der Waals surface area contributed by atoms with Gasteiger partial charge >= 0.3 is 0 Å². The van der Waals surface area contributed by atoms with Crippen molar-refractivity contribution >= 4 is 17.0 Å². The van der Waals surface area contributed by atoms with Gasteiger partial charge in [0.1, 0.15) is 0 Å². The molecule has 1 heterocycles. The Hall–Kier alpha value is -0.580. The van der Waals surface area contributed by atoms with Gasteiger partial charge in [-0.15, -0.1) is 0 Å². The first kappa shape index (κ1) is 12.5. The SMILES string of the molecule is CCN(CC)CC(O)CNc1ccsc1. The molecular formula is C11H20N2OS. The van der Waals surface area contributed by atoms with Crippen molar-refractivity contribution in [3.63, 3.8) is 0 Å². The zero-order chi connectivity index (χ0) is 11.1. The van der Waals surface area contributed by atoms with Gasteiger partial charge in [0.25, 0.3) is 0 Å². The number of nitrogens with one attached hydrogen (secondary N) is 1. The summed E-state index contributed by atoms with van der Waals surface area (Å²) in [5.74, 6) is 0. The number of aliphatic hydroxyl groups is 1. The van der Waals surface area contributed by atoms with E-state index in [9.17, 15) is 5.11 Å².